The molecule has 100 valence electrons. The zero-order valence-electron chi connectivity index (χ0n) is 11.2. The molecule has 1 aliphatic heterocycles. The number of likely N-dealkylation sites (N-methyl/N-ethyl adjacent to an activating group) is 1. The third-order valence-electron chi connectivity index (χ3n) is 3.66. The summed E-state index contributed by atoms with van der Waals surface area (Å²) < 4.78 is 0. The second-order valence-corrected chi connectivity index (χ2v) is 6.00. The molecule has 0 radical (unpaired) electrons. The molecule has 2 heterocycles. The lowest BCUT2D eigenvalue weighted by atomic mass is 10.1. The number of aromatic nitrogens is 1. The van der Waals surface area contributed by atoms with Gasteiger partial charge in [0.25, 0.3) is 0 Å². The number of benzene rings is 1. The average molecular weight is 273 g/mol. The Balaban J connectivity index is 1.81. The Hall–Kier alpha value is -1.39. The molecule has 2 aromatic rings. The molecular formula is C15H19N3S. The largest absolute Gasteiger partial charge is 0.369 e. The number of para-hydroxylation sites is 1. The van der Waals surface area contributed by atoms with Crippen molar-refractivity contribution >= 4 is 17.0 Å². The molecule has 1 saturated heterocycles. The lowest BCUT2D eigenvalue weighted by Gasteiger charge is -2.35. The van der Waals surface area contributed by atoms with E-state index in [9.17, 15) is 0 Å². The van der Waals surface area contributed by atoms with Gasteiger partial charge in [-0.2, -0.15) is 0 Å². The molecule has 1 fully saturated rings. The van der Waals surface area contributed by atoms with Crippen molar-refractivity contribution in [3.05, 3.63) is 46.4 Å². The number of hydrogen-bond acceptors (Lipinski definition) is 4. The Bertz CT molecular complexity index is 516. The van der Waals surface area contributed by atoms with E-state index in [-0.39, 0.29) is 0 Å². The van der Waals surface area contributed by atoms with Crippen molar-refractivity contribution < 1.29 is 0 Å². The molecule has 0 saturated carbocycles. The predicted molar refractivity (Wildman–Crippen MR) is 81.1 cm³/mol. The molecule has 1 aliphatic rings. The number of anilines is 1. The zero-order valence-corrected chi connectivity index (χ0v) is 12.1. The molecule has 3 rings (SSSR count). The number of piperazine rings is 1. The van der Waals surface area contributed by atoms with Gasteiger partial charge in [0, 0.05) is 49.9 Å². The van der Waals surface area contributed by atoms with Crippen LogP contribution in [0.25, 0.3) is 0 Å². The molecule has 1 aromatic heterocycles. The van der Waals surface area contributed by atoms with Crippen LogP contribution in [-0.4, -0.2) is 43.1 Å². The minimum absolute atomic E-state index is 0.945. The van der Waals surface area contributed by atoms with Gasteiger partial charge in [-0.25, -0.2) is 4.98 Å². The summed E-state index contributed by atoms with van der Waals surface area (Å²) in [6.45, 7) is 4.52. The normalized spacial score (nSPS) is 16.8. The maximum absolute atomic E-state index is 4.40. The number of hydrogen-bond donors (Lipinski definition) is 0. The van der Waals surface area contributed by atoms with Crippen molar-refractivity contribution in [1.82, 2.24) is 9.88 Å². The van der Waals surface area contributed by atoms with E-state index in [2.05, 4.69) is 46.1 Å². The SMILES string of the molecule is CN1CCN(c2ccccc2Cc2nccs2)CC1. The summed E-state index contributed by atoms with van der Waals surface area (Å²) in [5.41, 5.74) is 2.77. The molecule has 0 amide bonds. The highest BCUT2D eigenvalue weighted by Crippen LogP contribution is 2.24. The predicted octanol–water partition coefficient (Wildman–Crippen LogP) is 2.49. The van der Waals surface area contributed by atoms with Gasteiger partial charge in [0.2, 0.25) is 0 Å². The van der Waals surface area contributed by atoms with Gasteiger partial charge < -0.3 is 9.80 Å². The van der Waals surface area contributed by atoms with Gasteiger partial charge in [-0.1, -0.05) is 18.2 Å². The van der Waals surface area contributed by atoms with Crippen molar-refractivity contribution in [3.63, 3.8) is 0 Å². The van der Waals surface area contributed by atoms with Crippen molar-refractivity contribution in [2.45, 2.75) is 6.42 Å². The molecule has 19 heavy (non-hydrogen) atoms. The third kappa shape index (κ3) is 2.96. The van der Waals surface area contributed by atoms with Crippen molar-refractivity contribution in [2.24, 2.45) is 0 Å². The highest BCUT2D eigenvalue weighted by molar-refractivity contribution is 7.09. The van der Waals surface area contributed by atoms with Crippen molar-refractivity contribution in [3.8, 4) is 0 Å². The van der Waals surface area contributed by atoms with Crippen LogP contribution in [0, 0.1) is 0 Å². The Morgan fingerprint density at radius 3 is 2.68 bits per heavy atom. The van der Waals surface area contributed by atoms with E-state index in [4.69, 9.17) is 0 Å². The van der Waals surface area contributed by atoms with Crippen LogP contribution >= 0.6 is 11.3 Å². The minimum Gasteiger partial charge on any atom is -0.369 e. The lowest BCUT2D eigenvalue weighted by Crippen LogP contribution is -2.44. The second kappa shape index (κ2) is 5.72. The molecule has 0 atom stereocenters. The number of rotatable bonds is 3. The Morgan fingerprint density at radius 2 is 1.95 bits per heavy atom. The molecule has 0 unspecified atom stereocenters. The molecule has 0 N–H and O–H groups in total. The van der Waals surface area contributed by atoms with Crippen LogP contribution in [-0.2, 0) is 6.42 Å². The maximum atomic E-state index is 4.40. The van der Waals surface area contributed by atoms with Crippen LogP contribution in [0.15, 0.2) is 35.8 Å². The minimum atomic E-state index is 0.945. The van der Waals surface area contributed by atoms with Crippen molar-refractivity contribution in [2.75, 3.05) is 38.1 Å². The standard InChI is InChI=1S/C15H19N3S/c1-17-7-9-18(10-8-17)14-5-3-2-4-13(14)12-15-16-6-11-19-15/h2-6,11H,7-10,12H2,1H3. The van der Waals surface area contributed by atoms with Crippen LogP contribution in [0.1, 0.15) is 10.6 Å². The first-order valence-corrected chi connectivity index (χ1v) is 7.60. The van der Waals surface area contributed by atoms with Crippen LogP contribution in [0.3, 0.4) is 0 Å². The van der Waals surface area contributed by atoms with Crippen molar-refractivity contribution in [1.29, 1.82) is 0 Å². The number of thiazole rings is 1. The smallest absolute Gasteiger partial charge is 0.0969 e. The van der Waals surface area contributed by atoms with Crippen LogP contribution < -0.4 is 4.90 Å². The summed E-state index contributed by atoms with van der Waals surface area (Å²) >= 11 is 1.74. The molecule has 0 bridgehead atoms. The topological polar surface area (TPSA) is 19.4 Å². The Kier molecular flexibility index (Phi) is 3.80. The van der Waals surface area contributed by atoms with Gasteiger partial charge in [-0.3, -0.25) is 0 Å². The highest BCUT2D eigenvalue weighted by Gasteiger charge is 2.16. The first-order chi connectivity index (χ1) is 9.33. The van der Waals surface area contributed by atoms with E-state index < -0.39 is 0 Å². The monoisotopic (exact) mass is 273 g/mol. The van der Waals surface area contributed by atoms with E-state index in [1.54, 1.807) is 11.3 Å². The van der Waals surface area contributed by atoms with E-state index in [0.717, 1.165) is 32.6 Å². The summed E-state index contributed by atoms with van der Waals surface area (Å²) in [7, 11) is 2.19. The fourth-order valence-corrected chi connectivity index (χ4v) is 3.16. The van der Waals surface area contributed by atoms with Crippen LogP contribution in [0.4, 0.5) is 5.69 Å². The molecule has 0 spiro atoms. The molecule has 0 aliphatic carbocycles. The van der Waals surface area contributed by atoms with Gasteiger partial charge in [0.1, 0.15) is 0 Å². The average Bonchev–Trinajstić information content (AvgIpc) is 2.93. The maximum Gasteiger partial charge on any atom is 0.0969 e. The van der Waals surface area contributed by atoms with Gasteiger partial charge in [-0.15, -0.1) is 11.3 Å². The van der Waals surface area contributed by atoms with E-state index >= 15 is 0 Å². The van der Waals surface area contributed by atoms with Gasteiger partial charge in [0.15, 0.2) is 0 Å². The van der Waals surface area contributed by atoms with E-state index in [0.29, 0.717) is 0 Å². The molecular weight excluding hydrogens is 254 g/mol. The summed E-state index contributed by atoms with van der Waals surface area (Å²) in [4.78, 5) is 9.29. The lowest BCUT2D eigenvalue weighted by molar-refractivity contribution is 0.312. The molecule has 3 nitrogen and oxygen atoms in total. The summed E-state index contributed by atoms with van der Waals surface area (Å²) in [6.07, 6.45) is 2.83. The summed E-state index contributed by atoms with van der Waals surface area (Å²) in [6, 6.07) is 8.74. The second-order valence-electron chi connectivity index (χ2n) is 5.02. The van der Waals surface area contributed by atoms with Crippen LogP contribution in [0.5, 0.6) is 0 Å². The summed E-state index contributed by atoms with van der Waals surface area (Å²) in [5.74, 6) is 0. The van der Waals surface area contributed by atoms with Gasteiger partial charge in [0.05, 0.1) is 5.01 Å². The first-order valence-electron chi connectivity index (χ1n) is 6.73. The molecule has 4 heteroatoms. The third-order valence-corrected chi connectivity index (χ3v) is 4.44. The first kappa shape index (κ1) is 12.6. The van der Waals surface area contributed by atoms with Gasteiger partial charge in [-0.05, 0) is 18.7 Å². The molecule has 1 aromatic carbocycles. The van der Waals surface area contributed by atoms with E-state index in [1.807, 2.05) is 11.6 Å². The van der Waals surface area contributed by atoms with Crippen LogP contribution in [0.2, 0.25) is 0 Å². The fourth-order valence-electron chi connectivity index (χ4n) is 2.52. The summed E-state index contributed by atoms with van der Waals surface area (Å²) in [5, 5.41) is 3.25. The fraction of sp³-hybridized carbons (Fsp3) is 0.400. The van der Waals surface area contributed by atoms with Gasteiger partial charge >= 0.3 is 0 Å². The quantitative estimate of drug-likeness (QED) is 0.856. The zero-order chi connectivity index (χ0) is 13.1. The van der Waals surface area contributed by atoms with E-state index in [1.165, 1.54) is 16.3 Å². The Morgan fingerprint density at radius 1 is 1.16 bits per heavy atom. The highest BCUT2D eigenvalue weighted by atomic mass is 32.1. The number of nitrogens with zero attached hydrogens (tertiary/aromatic N) is 3. The Labute approximate surface area is 118 Å².